The lowest BCUT2D eigenvalue weighted by Gasteiger charge is -2.32. The molecule has 1 aromatic carbocycles. The van der Waals surface area contributed by atoms with Crippen molar-refractivity contribution in [2.75, 3.05) is 64.3 Å². The van der Waals surface area contributed by atoms with E-state index in [-0.39, 0.29) is 11.8 Å². The van der Waals surface area contributed by atoms with E-state index in [1.807, 2.05) is 10.7 Å². The van der Waals surface area contributed by atoms with E-state index in [1.165, 1.54) is 5.56 Å². The largest absolute Gasteiger partial charge is 0.356 e. The second-order valence-electron chi connectivity index (χ2n) is 9.68. The zero-order valence-electron chi connectivity index (χ0n) is 20.2. The molecule has 2 aliphatic heterocycles. The molecule has 1 N–H and O–H groups in total. The highest BCUT2D eigenvalue weighted by Gasteiger charge is 2.28. The number of hydrogen-bond acceptors (Lipinski definition) is 7. The van der Waals surface area contributed by atoms with E-state index in [9.17, 15) is 4.79 Å². The number of aromatic nitrogens is 3. The van der Waals surface area contributed by atoms with E-state index < -0.39 is 0 Å². The highest BCUT2D eigenvalue weighted by Crippen LogP contribution is 2.29. The number of piperazine rings is 1. The first-order valence-electron chi connectivity index (χ1n) is 12.4. The Bertz CT molecular complexity index is 1070. The van der Waals surface area contributed by atoms with Crippen LogP contribution in [0.25, 0.3) is 16.2 Å². The summed E-state index contributed by atoms with van der Waals surface area (Å²) in [5.41, 5.74) is 3.29. The van der Waals surface area contributed by atoms with Gasteiger partial charge in [-0.3, -0.25) is 4.79 Å². The molecule has 1 unspecified atom stereocenters. The molecular weight excluding hydrogens is 446 g/mol. The fourth-order valence-electron chi connectivity index (χ4n) is 4.78. The highest BCUT2D eigenvalue weighted by atomic mass is 32.1. The fraction of sp³-hybridized carbons (Fsp3) is 0.560. The monoisotopic (exact) mass is 481 g/mol. The maximum atomic E-state index is 12.8. The van der Waals surface area contributed by atoms with Crippen LogP contribution in [0.3, 0.4) is 0 Å². The number of imidazole rings is 1. The van der Waals surface area contributed by atoms with Gasteiger partial charge in [0.05, 0.1) is 17.8 Å². The van der Waals surface area contributed by atoms with Gasteiger partial charge in [0.15, 0.2) is 0 Å². The van der Waals surface area contributed by atoms with Gasteiger partial charge in [0.1, 0.15) is 0 Å². The number of benzene rings is 1. The number of hydrogen-bond donors (Lipinski definition) is 1. The van der Waals surface area contributed by atoms with Crippen LogP contribution >= 0.6 is 11.3 Å². The number of aryl methyl sites for hydroxylation is 1. The van der Waals surface area contributed by atoms with Gasteiger partial charge in [-0.1, -0.05) is 41.2 Å². The summed E-state index contributed by atoms with van der Waals surface area (Å²) in [6.07, 6.45) is 4.96. The summed E-state index contributed by atoms with van der Waals surface area (Å²) in [5.74, 6) is 0.211. The maximum absolute atomic E-state index is 12.8. The minimum atomic E-state index is 0.0247. The lowest BCUT2D eigenvalue weighted by Crippen LogP contribution is -2.46. The minimum absolute atomic E-state index is 0.0247. The van der Waals surface area contributed by atoms with Crippen LogP contribution in [-0.2, 0) is 4.79 Å². The average Bonchev–Trinajstić information content (AvgIpc) is 3.43. The van der Waals surface area contributed by atoms with E-state index in [4.69, 9.17) is 10.1 Å². The zero-order chi connectivity index (χ0) is 23.5. The minimum Gasteiger partial charge on any atom is -0.356 e. The molecule has 2 aliphatic rings. The molecule has 34 heavy (non-hydrogen) atoms. The van der Waals surface area contributed by atoms with Gasteiger partial charge < -0.3 is 20.0 Å². The third kappa shape index (κ3) is 5.42. The highest BCUT2D eigenvalue weighted by molar-refractivity contribution is 7.20. The van der Waals surface area contributed by atoms with Crippen molar-refractivity contribution in [2.24, 2.45) is 5.92 Å². The topological polar surface area (TPSA) is 69.0 Å². The molecule has 9 heteroatoms. The van der Waals surface area contributed by atoms with Crippen LogP contribution in [0.15, 0.2) is 30.5 Å². The van der Waals surface area contributed by atoms with Crippen molar-refractivity contribution < 1.29 is 4.79 Å². The number of fused-ring (bicyclic) bond motifs is 1. The average molecular weight is 482 g/mol. The Balaban J connectivity index is 1.13. The van der Waals surface area contributed by atoms with Crippen LogP contribution in [0.1, 0.15) is 24.8 Å². The van der Waals surface area contributed by atoms with Crippen molar-refractivity contribution in [2.45, 2.75) is 26.2 Å². The summed E-state index contributed by atoms with van der Waals surface area (Å²) >= 11 is 1.60. The predicted molar refractivity (Wildman–Crippen MR) is 138 cm³/mol. The Morgan fingerprint density at radius 1 is 1.15 bits per heavy atom. The van der Waals surface area contributed by atoms with Gasteiger partial charge in [0, 0.05) is 51.4 Å². The number of carbonyl (C=O) groups is 1. The first-order valence-corrected chi connectivity index (χ1v) is 13.2. The molecule has 2 aromatic heterocycles. The Hall–Kier alpha value is -2.49. The summed E-state index contributed by atoms with van der Waals surface area (Å²) in [6.45, 7) is 10.1. The van der Waals surface area contributed by atoms with E-state index >= 15 is 0 Å². The molecule has 2 saturated heterocycles. The van der Waals surface area contributed by atoms with Crippen molar-refractivity contribution in [1.82, 2.24) is 29.7 Å². The van der Waals surface area contributed by atoms with E-state index in [0.717, 1.165) is 93.0 Å². The lowest BCUT2D eigenvalue weighted by molar-refractivity contribution is -0.125. The predicted octanol–water partition coefficient (Wildman–Crippen LogP) is 2.74. The Morgan fingerprint density at radius 2 is 1.94 bits per heavy atom. The van der Waals surface area contributed by atoms with Crippen LogP contribution in [0.5, 0.6) is 0 Å². The van der Waals surface area contributed by atoms with Gasteiger partial charge in [0.2, 0.25) is 16.0 Å². The van der Waals surface area contributed by atoms with Crippen molar-refractivity contribution in [3.05, 3.63) is 36.0 Å². The second kappa shape index (κ2) is 10.4. The quantitative estimate of drug-likeness (QED) is 0.524. The molecule has 0 spiro atoms. The molecule has 0 saturated carbocycles. The normalized spacial score (nSPS) is 20.2. The molecule has 0 radical (unpaired) electrons. The number of likely N-dealkylation sites (N-methyl/N-ethyl adjacent to an activating group) is 1. The Labute approximate surface area is 205 Å². The Morgan fingerprint density at radius 3 is 2.71 bits per heavy atom. The molecule has 0 bridgehead atoms. The smallest absolute Gasteiger partial charge is 0.224 e. The van der Waals surface area contributed by atoms with Crippen LogP contribution in [-0.4, -0.2) is 89.7 Å². The van der Waals surface area contributed by atoms with Crippen LogP contribution < -0.4 is 10.2 Å². The number of carbonyl (C=O) groups excluding carboxylic acids is 1. The van der Waals surface area contributed by atoms with Gasteiger partial charge in [-0.25, -0.2) is 9.50 Å². The molecule has 0 aliphatic carbocycles. The van der Waals surface area contributed by atoms with Crippen molar-refractivity contribution in [3.63, 3.8) is 0 Å². The van der Waals surface area contributed by atoms with Crippen LogP contribution in [0, 0.1) is 12.8 Å². The number of rotatable bonds is 7. The van der Waals surface area contributed by atoms with E-state index in [1.54, 1.807) is 11.3 Å². The molecule has 182 valence electrons. The van der Waals surface area contributed by atoms with Gasteiger partial charge >= 0.3 is 0 Å². The van der Waals surface area contributed by atoms with Crippen LogP contribution in [0.4, 0.5) is 5.13 Å². The van der Waals surface area contributed by atoms with Gasteiger partial charge in [-0.05, 0) is 39.8 Å². The summed E-state index contributed by atoms with van der Waals surface area (Å²) in [4.78, 5) is 25.6. The molecule has 4 heterocycles. The van der Waals surface area contributed by atoms with Crippen LogP contribution in [0.2, 0.25) is 0 Å². The van der Waals surface area contributed by atoms with E-state index in [2.05, 4.69) is 58.3 Å². The molecule has 1 atom stereocenters. The fourth-order valence-corrected chi connectivity index (χ4v) is 5.69. The van der Waals surface area contributed by atoms with Gasteiger partial charge in [0.25, 0.3) is 0 Å². The van der Waals surface area contributed by atoms with E-state index in [0.29, 0.717) is 0 Å². The summed E-state index contributed by atoms with van der Waals surface area (Å²) in [7, 11) is 2.18. The standard InChI is InChI=1S/C25H35N7OS/c1-19-6-8-20(9-7-19)22-18-32-24(27-22)34-25(28-32)31-12-3-5-21(17-31)23(33)26-10-4-11-30-15-13-29(2)14-16-30/h6-9,18,21H,3-5,10-17H2,1-2H3,(H,26,33). The second-order valence-corrected chi connectivity index (χ2v) is 10.6. The van der Waals surface area contributed by atoms with Crippen molar-refractivity contribution in [3.8, 4) is 11.3 Å². The maximum Gasteiger partial charge on any atom is 0.224 e. The van der Waals surface area contributed by atoms with Gasteiger partial charge in [-0.15, -0.1) is 5.10 Å². The molecular formula is C25H35N7OS. The van der Waals surface area contributed by atoms with Crippen molar-refractivity contribution in [1.29, 1.82) is 0 Å². The molecule has 8 nitrogen and oxygen atoms in total. The first kappa shape index (κ1) is 23.3. The summed E-state index contributed by atoms with van der Waals surface area (Å²) in [5, 5.41) is 8.92. The number of nitrogens with zero attached hydrogens (tertiary/aromatic N) is 6. The SMILES string of the molecule is Cc1ccc(-c2cn3nc(N4CCCC(C(=O)NCCCN5CCN(C)CC5)C4)sc3n2)cc1. The Kier molecular flexibility index (Phi) is 7.12. The lowest BCUT2D eigenvalue weighted by atomic mass is 9.97. The number of anilines is 1. The number of amides is 1. The zero-order valence-corrected chi connectivity index (χ0v) is 21.1. The molecule has 2 fully saturated rings. The third-order valence-corrected chi connectivity index (χ3v) is 7.97. The third-order valence-electron chi connectivity index (χ3n) is 6.99. The molecule has 5 rings (SSSR count). The first-order chi connectivity index (χ1) is 16.5. The molecule has 1 amide bonds. The van der Waals surface area contributed by atoms with Crippen molar-refractivity contribution >= 4 is 27.3 Å². The summed E-state index contributed by atoms with van der Waals surface area (Å²) in [6, 6.07) is 8.41. The number of nitrogens with one attached hydrogen (secondary N) is 1. The number of piperidine rings is 1. The summed E-state index contributed by atoms with van der Waals surface area (Å²) < 4.78 is 1.87. The molecule has 3 aromatic rings. The van der Waals surface area contributed by atoms with Gasteiger partial charge in [-0.2, -0.15) is 0 Å².